The first-order valence-corrected chi connectivity index (χ1v) is 5.90. The number of hydrogen-bond acceptors (Lipinski definition) is 4. The number of aromatic nitrogens is 3. The highest BCUT2D eigenvalue weighted by atomic mass is 15.1. The molecule has 1 N–H and O–H groups in total. The molecule has 1 unspecified atom stereocenters. The maximum atomic E-state index is 9.02. The van der Waals surface area contributed by atoms with Crippen LogP contribution >= 0.6 is 0 Å². The molecule has 2 aromatic rings. The van der Waals surface area contributed by atoms with Crippen molar-refractivity contribution in [1.82, 2.24) is 19.9 Å². The van der Waals surface area contributed by atoms with Gasteiger partial charge in [0.1, 0.15) is 11.9 Å². The van der Waals surface area contributed by atoms with Crippen molar-refractivity contribution >= 4 is 0 Å². The molecule has 0 spiro atoms. The number of nitriles is 1. The van der Waals surface area contributed by atoms with E-state index < -0.39 is 0 Å². The van der Waals surface area contributed by atoms with Crippen molar-refractivity contribution in [3.05, 3.63) is 42.1 Å². The standard InChI is InChI=1S/C13H15N5/c1-3-15-10(2)11-5-4-6-17-13(11)18-8-7-16-12(18)9-14/h4-8,10,15H,3H2,1-2H3. The molecule has 92 valence electrons. The predicted octanol–water partition coefficient (Wildman–Crippen LogP) is 1.81. The molecule has 2 aromatic heterocycles. The second-order valence-corrected chi connectivity index (χ2v) is 3.93. The third-order valence-electron chi connectivity index (χ3n) is 2.76. The van der Waals surface area contributed by atoms with Crippen LogP contribution in [0, 0.1) is 11.3 Å². The van der Waals surface area contributed by atoms with Gasteiger partial charge in [-0.25, -0.2) is 9.97 Å². The maximum Gasteiger partial charge on any atom is 0.218 e. The van der Waals surface area contributed by atoms with Crippen molar-refractivity contribution in [2.75, 3.05) is 6.54 Å². The molecule has 0 aliphatic rings. The van der Waals surface area contributed by atoms with Gasteiger partial charge in [-0.1, -0.05) is 13.0 Å². The van der Waals surface area contributed by atoms with Crippen molar-refractivity contribution in [1.29, 1.82) is 5.26 Å². The highest BCUT2D eigenvalue weighted by molar-refractivity contribution is 5.38. The highest BCUT2D eigenvalue weighted by Gasteiger charge is 2.14. The molecule has 0 aromatic carbocycles. The van der Waals surface area contributed by atoms with Crippen LogP contribution in [0.5, 0.6) is 0 Å². The zero-order valence-electron chi connectivity index (χ0n) is 10.5. The second-order valence-electron chi connectivity index (χ2n) is 3.93. The van der Waals surface area contributed by atoms with Crippen LogP contribution in [-0.2, 0) is 0 Å². The Balaban J connectivity index is 2.49. The van der Waals surface area contributed by atoms with Gasteiger partial charge in [-0.3, -0.25) is 4.57 Å². The van der Waals surface area contributed by atoms with E-state index in [4.69, 9.17) is 5.26 Å². The van der Waals surface area contributed by atoms with Gasteiger partial charge in [-0.05, 0) is 19.5 Å². The lowest BCUT2D eigenvalue weighted by Crippen LogP contribution is -2.20. The van der Waals surface area contributed by atoms with Gasteiger partial charge in [-0.15, -0.1) is 0 Å². The Labute approximate surface area is 106 Å². The van der Waals surface area contributed by atoms with Crippen LogP contribution in [0.25, 0.3) is 5.82 Å². The van der Waals surface area contributed by atoms with E-state index in [0.717, 1.165) is 17.9 Å². The van der Waals surface area contributed by atoms with Crippen LogP contribution in [0.1, 0.15) is 31.3 Å². The Hall–Kier alpha value is -2.19. The van der Waals surface area contributed by atoms with E-state index in [-0.39, 0.29) is 6.04 Å². The maximum absolute atomic E-state index is 9.02. The highest BCUT2D eigenvalue weighted by Crippen LogP contribution is 2.20. The molecule has 0 bridgehead atoms. The molecule has 5 nitrogen and oxygen atoms in total. The minimum Gasteiger partial charge on any atom is -0.310 e. The summed E-state index contributed by atoms with van der Waals surface area (Å²) in [5, 5.41) is 12.4. The Morgan fingerprint density at radius 2 is 2.28 bits per heavy atom. The normalized spacial score (nSPS) is 12.1. The monoisotopic (exact) mass is 241 g/mol. The lowest BCUT2D eigenvalue weighted by atomic mass is 10.1. The van der Waals surface area contributed by atoms with E-state index in [2.05, 4.69) is 35.2 Å². The van der Waals surface area contributed by atoms with Gasteiger partial charge < -0.3 is 5.32 Å². The smallest absolute Gasteiger partial charge is 0.218 e. The summed E-state index contributed by atoms with van der Waals surface area (Å²) in [5.74, 6) is 1.10. The summed E-state index contributed by atoms with van der Waals surface area (Å²) < 4.78 is 1.71. The van der Waals surface area contributed by atoms with Crippen LogP contribution in [0.3, 0.4) is 0 Å². The average molecular weight is 241 g/mol. The minimum absolute atomic E-state index is 0.174. The van der Waals surface area contributed by atoms with Crippen molar-refractivity contribution in [2.45, 2.75) is 19.9 Å². The quantitative estimate of drug-likeness (QED) is 0.886. The van der Waals surface area contributed by atoms with E-state index >= 15 is 0 Å². The van der Waals surface area contributed by atoms with Gasteiger partial charge in [0.25, 0.3) is 0 Å². The lowest BCUT2D eigenvalue weighted by molar-refractivity contribution is 0.592. The lowest BCUT2D eigenvalue weighted by Gasteiger charge is -2.16. The third kappa shape index (κ3) is 2.24. The fourth-order valence-corrected chi connectivity index (χ4v) is 1.92. The summed E-state index contributed by atoms with van der Waals surface area (Å²) in [5.41, 5.74) is 1.05. The van der Waals surface area contributed by atoms with Gasteiger partial charge in [-0.2, -0.15) is 5.26 Å². The topological polar surface area (TPSA) is 66.5 Å². The molecule has 5 heteroatoms. The average Bonchev–Trinajstić information content (AvgIpc) is 2.87. The van der Waals surface area contributed by atoms with E-state index in [9.17, 15) is 0 Å². The first kappa shape index (κ1) is 12.3. The van der Waals surface area contributed by atoms with Crippen LogP contribution in [0.15, 0.2) is 30.7 Å². The SMILES string of the molecule is CCNC(C)c1cccnc1-n1ccnc1C#N. The molecule has 0 aliphatic heterocycles. The van der Waals surface area contributed by atoms with Crippen LogP contribution < -0.4 is 5.32 Å². The zero-order chi connectivity index (χ0) is 13.0. The second kappa shape index (κ2) is 5.43. The number of nitrogens with zero attached hydrogens (tertiary/aromatic N) is 4. The third-order valence-corrected chi connectivity index (χ3v) is 2.76. The molecule has 18 heavy (non-hydrogen) atoms. The van der Waals surface area contributed by atoms with Crippen LogP contribution in [-0.4, -0.2) is 21.1 Å². The molecular weight excluding hydrogens is 226 g/mol. The summed E-state index contributed by atoms with van der Waals surface area (Å²) in [7, 11) is 0. The number of pyridine rings is 1. The Kier molecular flexibility index (Phi) is 3.70. The minimum atomic E-state index is 0.174. The number of hydrogen-bond donors (Lipinski definition) is 1. The molecular formula is C13H15N5. The fraction of sp³-hybridized carbons (Fsp3) is 0.308. The van der Waals surface area contributed by atoms with Crippen LogP contribution in [0.2, 0.25) is 0 Å². The summed E-state index contributed by atoms with van der Waals surface area (Å²) in [6.07, 6.45) is 5.08. The summed E-state index contributed by atoms with van der Waals surface area (Å²) >= 11 is 0. The molecule has 0 aliphatic carbocycles. The van der Waals surface area contributed by atoms with Crippen molar-refractivity contribution < 1.29 is 0 Å². The van der Waals surface area contributed by atoms with Gasteiger partial charge in [0, 0.05) is 30.2 Å². The van der Waals surface area contributed by atoms with E-state index in [1.807, 2.05) is 12.1 Å². The first-order chi connectivity index (χ1) is 8.77. The van der Waals surface area contributed by atoms with Gasteiger partial charge in [0.15, 0.2) is 0 Å². The molecule has 2 rings (SSSR count). The summed E-state index contributed by atoms with van der Waals surface area (Å²) in [6, 6.07) is 6.15. The summed E-state index contributed by atoms with van der Waals surface area (Å²) in [4.78, 5) is 8.36. The predicted molar refractivity (Wildman–Crippen MR) is 68.2 cm³/mol. The molecule has 0 radical (unpaired) electrons. The number of imidazole rings is 1. The Bertz CT molecular complexity index is 567. The molecule has 2 heterocycles. The van der Waals surface area contributed by atoms with Crippen molar-refractivity contribution in [2.24, 2.45) is 0 Å². The Morgan fingerprint density at radius 3 is 3.00 bits per heavy atom. The molecule has 1 atom stereocenters. The van der Waals surface area contributed by atoms with Crippen molar-refractivity contribution in [3.8, 4) is 11.9 Å². The largest absolute Gasteiger partial charge is 0.310 e. The Morgan fingerprint density at radius 1 is 1.44 bits per heavy atom. The first-order valence-electron chi connectivity index (χ1n) is 5.90. The van der Waals surface area contributed by atoms with E-state index in [1.165, 1.54) is 0 Å². The summed E-state index contributed by atoms with van der Waals surface area (Å²) in [6.45, 7) is 5.02. The van der Waals surface area contributed by atoms with Gasteiger partial charge in [0.2, 0.25) is 5.82 Å². The van der Waals surface area contributed by atoms with Gasteiger partial charge in [0.05, 0.1) is 0 Å². The van der Waals surface area contributed by atoms with Gasteiger partial charge >= 0.3 is 0 Å². The zero-order valence-corrected chi connectivity index (χ0v) is 10.5. The molecule has 0 fully saturated rings. The van der Waals surface area contributed by atoms with E-state index in [0.29, 0.717) is 5.82 Å². The van der Waals surface area contributed by atoms with Crippen LogP contribution in [0.4, 0.5) is 0 Å². The number of rotatable bonds is 4. The molecule has 0 saturated carbocycles. The van der Waals surface area contributed by atoms with Crippen molar-refractivity contribution in [3.63, 3.8) is 0 Å². The molecule has 0 saturated heterocycles. The fourth-order valence-electron chi connectivity index (χ4n) is 1.92. The molecule has 0 amide bonds. The van der Waals surface area contributed by atoms with E-state index in [1.54, 1.807) is 23.2 Å². The number of nitrogens with one attached hydrogen (secondary N) is 1.